The molecule has 0 amide bonds. The number of halogens is 2. The Morgan fingerprint density at radius 1 is 1.50 bits per heavy atom. The molecule has 0 aliphatic carbocycles. The number of nitrogens with zero attached hydrogens (tertiary/aromatic N) is 2. The number of anilines is 1. The minimum atomic E-state index is -0.500. The van der Waals surface area contributed by atoms with Crippen LogP contribution in [0.25, 0.3) is 10.9 Å². The number of fused-ring (bicyclic) bond motifs is 3. The molecule has 0 spiro atoms. The number of nitrogens with one attached hydrogen (secondary N) is 1. The lowest BCUT2D eigenvalue weighted by Gasteiger charge is -2.16. The van der Waals surface area contributed by atoms with Crippen molar-refractivity contribution in [1.29, 1.82) is 0 Å². The van der Waals surface area contributed by atoms with E-state index in [1.165, 1.54) is 0 Å². The van der Waals surface area contributed by atoms with Gasteiger partial charge in [0.05, 0.1) is 16.6 Å². The zero-order valence-electron chi connectivity index (χ0n) is 9.92. The lowest BCUT2D eigenvalue weighted by Crippen LogP contribution is -2.30. The summed E-state index contributed by atoms with van der Waals surface area (Å²) in [5.74, 6) is 0.140. The second-order valence-corrected chi connectivity index (χ2v) is 5.95. The fourth-order valence-electron chi connectivity index (χ4n) is 2.27. The smallest absolute Gasteiger partial charge is 0.349 e. The summed E-state index contributed by atoms with van der Waals surface area (Å²) in [6.45, 7) is 4.50. The molecule has 1 aromatic carbocycles. The van der Waals surface area contributed by atoms with Gasteiger partial charge in [0, 0.05) is 5.39 Å². The van der Waals surface area contributed by atoms with Crippen molar-refractivity contribution in [3.63, 3.8) is 0 Å². The maximum atomic E-state index is 14.0. The number of aromatic nitrogens is 2. The van der Waals surface area contributed by atoms with E-state index in [9.17, 15) is 9.18 Å². The van der Waals surface area contributed by atoms with Gasteiger partial charge in [-0.1, -0.05) is 0 Å². The van der Waals surface area contributed by atoms with Crippen molar-refractivity contribution in [2.75, 3.05) is 5.32 Å². The highest BCUT2D eigenvalue weighted by atomic mass is 79.9. The summed E-state index contributed by atoms with van der Waals surface area (Å²) >= 11 is 3.10. The van der Waals surface area contributed by atoms with Crippen LogP contribution in [0.15, 0.2) is 21.4 Å². The van der Waals surface area contributed by atoms with Crippen LogP contribution in [0.2, 0.25) is 0 Å². The molecule has 94 valence electrons. The van der Waals surface area contributed by atoms with Crippen LogP contribution in [0, 0.1) is 5.82 Å². The van der Waals surface area contributed by atoms with Crippen molar-refractivity contribution in [2.45, 2.75) is 25.9 Å². The van der Waals surface area contributed by atoms with Gasteiger partial charge in [0.2, 0.25) is 0 Å². The fourth-order valence-corrected chi connectivity index (χ4v) is 2.59. The van der Waals surface area contributed by atoms with Crippen LogP contribution in [0.5, 0.6) is 0 Å². The predicted molar refractivity (Wildman–Crippen MR) is 71.4 cm³/mol. The summed E-state index contributed by atoms with van der Waals surface area (Å²) in [6.07, 6.45) is 0. The van der Waals surface area contributed by atoms with Crippen LogP contribution >= 0.6 is 15.9 Å². The second-order valence-electron chi connectivity index (χ2n) is 5.10. The van der Waals surface area contributed by atoms with Gasteiger partial charge in [-0.25, -0.2) is 9.18 Å². The van der Waals surface area contributed by atoms with Crippen molar-refractivity contribution in [1.82, 2.24) is 9.55 Å². The second kappa shape index (κ2) is 3.54. The zero-order valence-corrected chi connectivity index (χ0v) is 11.5. The first-order chi connectivity index (χ1) is 8.39. The number of rotatable bonds is 0. The Kier molecular flexibility index (Phi) is 2.29. The molecule has 2 heterocycles. The number of benzene rings is 1. The van der Waals surface area contributed by atoms with E-state index in [1.54, 1.807) is 16.7 Å². The highest BCUT2D eigenvalue weighted by Crippen LogP contribution is 2.32. The van der Waals surface area contributed by atoms with Gasteiger partial charge in [0.1, 0.15) is 11.3 Å². The van der Waals surface area contributed by atoms with Gasteiger partial charge >= 0.3 is 5.69 Å². The molecule has 0 saturated carbocycles. The molecule has 1 aliphatic heterocycles. The number of hydrogen-bond donors (Lipinski definition) is 1. The first kappa shape index (κ1) is 11.6. The van der Waals surface area contributed by atoms with Gasteiger partial charge in [0.25, 0.3) is 0 Å². The van der Waals surface area contributed by atoms with Gasteiger partial charge in [-0.05, 0) is 41.9 Å². The van der Waals surface area contributed by atoms with E-state index in [0.29, 0.717) is 22.2 Å². The highest BCUT2D eigenvalue weighted by molar-refractivity contribution is 9.10. The molecule has 0 bridgehead atoms. The molecule has 0 unspecified atom stereocenters. The monoisotopic (exact) mass is 311 g/mol. The van der Waals surface area contributed by atoms with Crippen LogP contribution in [0.1, 0.15) is 13.8 Å². The van der Waals surface area contributed by atoms with Crippen LogP contribution in [0.4, 0.5) is 10.2 Å². The van der Waals surface area contributed by atoms with Crippen molar-refractivity contribution in [2.24, 2.45) is 0 Å². The van der Waals surface area contributed by atoms with E-state index in [1.807, 2.05) is 13.8 Å². The van der Waals surface area contributed by atoms with E-state index >= 15 is 0 Å². The van der Waals surface area contributed by atoms with Gasteiger partial charge in [-0.15, -0.1) is 0 Å². The molecule has 18 heavy (non-hydrogen) atoms. The molecule has 0 radical (unpaired) electrons. The van der Waals surface area contributed by atoms with E-state index < -0.39 is 11.5 Å². The quantitative estimate of drug-likeness (QED) is 0.813. The van der Waals surface area contributed by atoms with E-state index in [2.05, 4.69) is 26.2 Å². The minimum Gasteiger partial charge on any atom is -0.364 e. The molecular formula is C12H11BrFN3O. The average molecular weight is 312 g/mol. The maximum absolute atomic E-state index is 14.0. The molecule has 0 atom stereocenters. The largest absolute Gasteiger partial charge is 0.364 e. The molecule has 0 fully saturated rings. The predicted octanol–water partition coefficient (Wildman–Crippen LogP) is 2.50. The third-order valence-electron chi connectivity index (χ3n) is 3.04. The third kappa shape index (κ3) is 1.55. The Labute approximate surface area is 111 Å². The molecule has 1 N–H and O–H groups in total. The summed E-state index contributed by atoms with van der Waals surface area (Å²) in [7, 11) is 0. The Hall–Kier alpha value is -1.43. The highest BCUT2D eigenvalue weighted by Gasteiger charge is 2.30. The summed E-state index contributed by atoms with van der Waals surface area (Å²) in [6, 6.07) is 3.38. The van der Waals surface area contributed by atoms with Crippen LogP contribution in [-0.4, -0.2) is 15.1 Å². The Balaban J connectivity index is 2.43. The van der Waals surface area contributed by atoms with Crippen LogP contribution in [0.3, 0.4) is 0 Å². The van der Waals surface area contributed by atoms with Crippen molar-refractivity contribution in [3.8, 4) is 0 Å². The van der Waals surface area contributed by atoms with E-state index in [4.69, 9.17) is 0 Å². The van der Waals surface area contributed by atoms with Crippen LogP contribution < -0.4 is 11.0 Å². The van der Waals surface area contributed by atoms with Crippen molar-refractivity contribution >= 4 is 32.7 Å². The summed E-state index contributed by atoms with van der Waals surface area (Å²) in [5.41, 5.74) is -0.551. The van der Waals surface area contributed by atoms with Crippen LogP contribution in [-0.2, 0) is 6.54 Å². The fraction of sp³-hybridized carbons (Fsp3) is 0.333. The zero-order chi connectivity index (χ0) is 13.1. The van der Waals surface area contributed by atoms with E-state index in [0.717, 1.165) is 0 Å². The minimum absolute atomic E-state index is 0.103. The molecule has 3 rings (SSSR count). The number of hydrogen-bond acceptors (Lipinski definition) is 3. The van der Waals surface area contributed by atoms with Crippen molar-refractivity contribution in [3.05, 3.63) is 32.9 Å². The van der Waals surface area contributed by atoms with Gasteiger partial charge in [-0.2, -0.15) is 4.98 Å². The first-order valence-electron chi connectivity index (χ1n) is 5.56. The molecule has 4 nitrogen and oxygen atoms in total. The molecule has 1 aliphatic rings. The molecule has 6 heteroatoms. The van der Waals surface area contributed by atoms with Crippen molar-refractivity contribution < 1.29 is 4.39 Å². The van der Waals surface area contributed by atoms with Gasteiger partial charge < -0.3 is 5.32 Å². The first-order valence-corrected chi connectivity index (χ1v) is 6.35. The lowest BCUT2D eigenvalue weighted by molar-refractivity contribution is 0.513. The summed E-state index contributed by atoms with van der Waals surface area (Å²) in [5, 5.41) is 3.87. The summed E-state index contributed by atoms with van der Waals surface area (Å²) in [4.78, 5) is 15.7. The molecule has 2 aromatic rings. The van der Waals surface area contributed by atoms with E-state index in [-0.39, 0.29) is 11.1 Å². The van der Waals surface area contributed by atoms with Gasteiger partial charge in [-0.3, -0.25) is 4.57 Å². The maximum Gasteiger partial charge on any atom is 0.349 e. The Morgan fingerprint density at radius 3 is 2.94 bits per heavy atom. The SMILES string of the molecule is CC1(C)Cn2c(c3ccc(Br)c(F)c3nc2=O)N1. The molecular weight excluding hydrogens is 301 g/mol. The third-order valence-corrected chi connectivity index (χ3v) is 3.66. The average Bonchev–Trinajstić information content (AvgIpc) is 2.61. The summed E-state index contributed by atoms with van der Waals surface area (Å²) < 4.78 is 15.8. The Bertz CT molecular complexity index is 723. The van der Waals surface area contributed by atoms with Gasteiger partial charge in [0.15, 0.2) is 5.82 Å². The molecule has 1 aromatic heterocycles. The lowest BCUT2D eigenvalue weighted by atomic mass is 10.1. The Morgan fingerprint density at radius 2 is 2.22 bits per heavy atom. The normalized spacial score (nSPS) is 16.7. The standard InChI is InChI=1S/C12H11BrFN3O/c1-12(2)5-17-10(16-12)6-3-4-7(13)8(14)9(6)15-11(17)18/h3-4,16H,5H2,1-2H3. The molecule has 0 saturated heterocycles. The topological polar surface area (TPSA) is 46.9 Å².